The summed E-state index contributed by atoms with van der Waals surface area (Å²) in [4.78, 5) is 11.8. The minimum absolute atomic E-state index is 0.278. The van der Waals surface area contributed by atoms with E-state index in [0.29, 0.717) is 17.8 Å². The molecule has 4 heteroatoms. The highest BCUT2D eigenvalue weighted by Crippen LogP contribution is 2.28. The summed E-state index contributed by atoms with van der Waals surface area (Å²) < 4.78 is 1.73. The fourth-order valence-corrected chi connectivity index (χ4v) is 2.70. The van der Waals surface area contributed by atoms with Crippen molar-refractivity contribution in [1.82, 2.24) is 9.78 Å². The molecule has 116 valence electrons. The molecule has 0 fully saturated rings. The molecule has 0 spiro atoms. The second-order valence-electron chi connectivity index (χ2n) is 5.44. The van der Waals surface area contributed by atoms with E-state index in [4.69, 9.17) is 0 Å². The van der Waals surface area contributed by atoms with Crippen molar-refractivity contribution in [3.05, 3.63) is 71.4 Å². The molecule has 0 aliphatic carbocycles. The van der Waals surface area contributed by atoms with E-state index >= 15 is 0 Å². The molecule has 2 aromatic carbocycles. The van der Waals surface area contributed by atoms with Gasteiger partial charge >= 0.3 is 5.97 Å². The number of hydrogen-bond acceptors (Lipinski definition) is 2. The highest BCUT2D eigenvalue weighted by atomic mass is 16.4. The molecule has 0 saturated heterocycles. The lowest BCUT2D eigenvalue weighted by Gasteiger charge is -2.05. The van der Waals surface area contributed by atoms with Crippen molar-refractivity contribution >= 4 is 5.97 Å². The van der Waals surface area contributed by atoms with E-state index in [0.717, 1.165) is 16.8 Å². The quantitative estimate of drug-likeness (QED) is 0.789. The second-order valence-corrected chi connectivity index (χ2v) is 5.44. The maximum Gasteiger partial charge on any atom is 0.339 e. The van der Waals surface area contributed by atoms with Crippen molar-refractivity contribution in [3.8, 4) is 16.9 Å². The Bertz CT molecular complexity index is 834. The summed E-state index contributed by atoms with van der Waals surface area (Å²) in [6.45, 7) is 3.95. The Morgan fingerprint density at radius 2 is 1.74 bits per heavy atom. The van der Waals surface area contributed by atoms with E-state index < -0.39 is 5.97 Å². The normalized spacial score (nSPS) is 10.7. The number of rotatable bonds is 4. The number of aromatic nitrogens is 2. The molecule has 23 heavy (non-hydrogen) atoms. The van der Waals surface area contributed by atoms with Crippen LogP contribution in [0.4, 0.5) is 0 Å². The van der Waals surface area contributed by atoms with Crippen molar-refractivity contribution < 1.29 is 9.90 Å². The zero-order chi connectivity index (χ0) is 16.4. The third-order valence-electron chi connectivity index (χ3n) is 3.86. The first-order valence-electron chi connectivity index (χ1n) is 7.59. The van der Waals surface area contributed by atoms with Crippen molar-refractivity contribution in [2.75, 3.05) is 0 Å². The van der Waals surface area contributed by atoms with Crippen LogP contribution in [-0.2, 0) is 6.42 Å². The SMILES string of the molecule is CCc1c(C(=O)O)c(-c2ccc(C)cc2)nn1-c1ccccc1. The summed E-state index contributed by atoms with van der Waals surface area (Å²) in [6.07, 6.45) is 0.593. The number of aryl methyl sites for hydroxylation is 1. The Balaban J connectivity index is 2.26. The molecule has 1 N–H and O–H groups in total. The van der Waals surface area contributed by atoms with Gasteiger partial charge in [0, 0.05) is 5.56 Å². The van der Waals surface area contributed by atoms with Crippen LogP contribution < -0.4 is 0 Å². The van der Waals surface area contributed by atoms with E-state index in [1.54, 1.807) is 4.68 Å². The van der Waals surface area contributed by atoms with Gasteiger partial charge in [0.2, 0.25) is 0 Å². The summed E-state index contributed by atoms with van der Waals surface area (Å²) in [7, 11) is 0. The van der Waals surface area contributed by atoms with Gasteiger partial charge in [-0.3, -0.25) is 0 Å². The van der Waals surface area contributed by atoms with Gasteiger partial charge in [-0.25, -0.2) is 9.48 Å². The van der Waals surface area contributed by atoms with Crippen molar-refractivity contribution in [2.45, 2.75) is 20.3 Å². The van der Waals surface area contributed by atoms with Crippen molar-refractivity contribution in [3.63, 3.8) is 0 Å². The third-order valence-corrected chi connectivity index (χ3v) is 3.86. The van der Waals surface area contributed by atoms with E-state index in [-0.39, 0.29) is 5.56 Å². The molecule has 4 nitrogen and oxygen atoms in total. The van der Waals surface area contributed by atoms with E-state index in [2.05, 4.69) is 5.10 Å². The van der Waals surface area contributed by atoms with E-state index in [1.807, 2.05) is 68.4 Å². The smallest absolute Gasteiger partial charge is 0.339 e. The minimum atomic E-state index is -0.945. The minimum Gasteiger partial charge on any atom is -0.478 e. The molecular weight excluding hydrogens is 288 g/mol. The van der Waals surface area contributed by atoms with Crippen LogP contribution in [0, 0.1) is 6.92 Å². The lowest BCUT2D eigenvalue weighted by atomic mass is 10.0. The molecule has 3 aromatic rings. The zero-order valence-electron chi connectivity index (χ0n) is 13.2. The summed E-state index contributed by atoms with van der Waals surface area (Å²) in [5.41, 5.74) is 4.31. The molecule has 0 aliphatic heterocycles. The topological polar surface area (TPSA) is 55.1 Å². The van der Waals surface area contributed by atoms with Crippen molar-refractivity contribution in [1.29, 1.82) is 0 Å². The number of hydrogen-bond donors (Lipinski definition) is 1. The van der Waals surface area contributed by atoms with Crippen LogP contribution in [0.25, 0.3) is 16.9 Å². The molecular formula is C19H18N2O2. The summed E-state index contributed by atoms with van der Waals surface area (Å²) in [5.74, 6) is -0.945. The van der Waals surface area contributed by atoms with Crippen LogP contribution in [0.3, 0.4) is 0 Å². The molecule has 0 radical (unpaired) electrons. The molecule has 3 rings (SSSR count). The average molecular weight is 306 g/mol. The number of nitrogens with zero attached hydrogens (tertiary/aromatic N) is 2. The Morgan fingerprint density at radius 1 is 1.09 bits per heavy atom. The largest absolute Gasteiger partial charge is 0.478 e. The maximum atomic E-state index is 11.8. The lowest BCUT2D eigenvalue weighted by Crippen LogP contribution is -2.05. The fraction of sp³-hybridized carbons (Fsp3) is 0.158. The number of carboxylic acids is 1. The molecule has 0 aliphatic rings. The molecule has 0 bridgehead atoms. The highest BCUT2D eigenvalue weighted by Gasteiger charge is 2.23. The molecule has 0 amide bonds. The van der Waals surface area contributed by atoms with Crippen LogP contribution in [0.1, 0.15) is 28.5 Å². The van der Waals surface area contributed by atoms with Gasteiger partial charge in [-0.05, 0) is 25.5 Å². The number of aromatic carboxylic acids is 1. The highest BCUT2D eigenvalue weighted by molar-refractivity contribution is 5.96. The number of carbonyl (C=O) groups is 1. The summed E-state index contributed by atoms with van der Waals surface area (Å²) in [5, 5.41) is 14.3. The van der Waals surface area contributed by atoms with E-state index in [9.17, 15) is 9.90 Å². The lowest BCUT2D eigenvalue weighted by molar-refractivity contribution is 0.0696. The molecule has 0 unspecified atom stereocenters. The zero-order valence-corrected chi connectivity index (χ0v) is 13.2. The van der Waals surface area contributed by atoms with Gasteiger partial charge in [0.05, 0.1) is 11.4 Å². The predicted octanol–water partition coefficient (Wildman–Crippen LogP) is 4.11. The van der Waals surface area contributed by atoms with Crippen LogP contribution in [0.5, 0.6) is 0 Å². The molecule has 1 aromatic heterocycles. The number of carboxylic acid groups (broad SMARTS) is 1. The van der Waals surface area contributed by atoms with Gasteiger partial charge in [0.25, 0.3) is 0 Å². The number of para-hydroxylation sites is 1. The fourth-order valence-electron chi connectivity index (χ4n) is 2.70. The third kappa shape index (κ3) is 2.75. The predicted molar refractivity (Wildman–Crippen MR) is 90.1 cm³/mol. The number of benzene rings is 2. The van der Waals surface area contributed by atoms with Gasteiger partial charge in [-0.15, -0.1) is 0 Å². The van der Waals surface area contributed by atoms with Gasteiger partial charge in [-0.2, -0.15) is 5.10 Å². The van der Waals surface area contributed by atoms with Crippen molar-refractivity contribution in [2.24, 2.45) is 0 Å². The van der Waals surface area contributed by atoms with Gasteiger partial charge in [-0.1, -0.05) is 55.0 Å². The second kappa shape index (κ2) is 6.08. The van der Waals surface area contributed by atoms with Gasteiger partial charge in [0.1, 0.15) is 11.3 Å². The summed E-state index contributed by atoms with van der Waals surface area (Å²) >= 11 is 0. The maximum absolute atomic E-state index is 11.8. The van der Waals surface area contributed by atoms with Crippen LogP contribution in [-0.4, -0.2) is 20.9 Å². The standard InChI is InChI=1S/C19H18N2O2/c1-3-16-17(19(22)23)18(14-11-9-13(2)10-12-14)20-21(16)15-7-5-4-6-8-15/h4-12H,3H2,1-2H3,(H,22,23). The van der Waals surface area contributed by atoms with Gasteiger partial charge < -0.3 is 5.11 Å². The van der Waals surface area contributed by atoms with E-state index in [1.165, 1.54) is 0 Å². The van der Waals surface area contributed by atoms with Gasteiger partial charge in [0.15, 0.2) is 0 Å². The van der Waals surface area contributed by atoms with Crippen LogP contribution >= 0.6 is 0 Å². The monoisotopic (exact) mass is 306 g/mol. The Hall–Kier alpha value is -2.88. The van der Waals surface area contributed by atoms with Crippen LogP contribution in [0.15, 0.2) is 54.6 Å². The molecule has 0 saturated carbocycles. The first-order chi connectivity index (χ1) is 11.1. The average Bonchev–Trinajstić information content (AvgIpc) is 2.96. The first-order valence-corrected chi connectivity index (χ1v) is 7.59. The Kier molecular flexibility index (Phi) is 3.98. The Labute approximate surface area is 135 Å². The van der Waals surface area contributed by atoms with Crippen LogP contribution in [0.2, 0.25) is 0 Å². The summed E-state index contributed by atoms with van der Waals surface area (Å²) in [6, 6.07) is 17.4. The Morgan fingerprint density at radius 3 is 2.30 bits per heavy atom. The first kappa shape index (κ1) is 15.0. The molecule has 1 heterocycles. The molecule has 0 atom stereocenters.